The molecule has 1 aliphatic rings. The molecule has 0 aliphatic carbocycles. The van der Waals surface area contributed by atoms with Gasteiger partial charge in [-0.15, -0.1) is 0 Å². The van der Waals surface area contributed by atoms with Gasteiger partial charge < -0.3 is 15.2 Å². The molecule has 108 valence electrons. The molecule has 20 heavy (non-hydrogen) atoms. The highest BCUT2D eigenvalue weighted by atomic mass is 19.1. The Morgan fingerprint density at radius 3 is 2.95 bits per heavy atom. The summed E-state index contributed by atoms with van der Waals surface area (Å²) in [4.78, 5) is 0. The second-order valence-corrected chi connectivity index (χ2v) is 5.75. The molecule has 0 spiro atoms. The third-order valence-electron chi connectivity index (χ3n) is 4.24. The van der Waals surface area contributed by atoms with Gasteiger partial charge in [-0.2, -0.15) is 0 Å². The monoisotopic (exact) mass is 275 g/mol. The molecule has 0 radical (unpaired) electrons. The van der Waals surface area contributed by atoms with E-state index in [-0.39, 0.29) is 5.82 Å². The molecule has 2 aromatic rings. The number of halogens is 1. The van der Waals surface area contributed by atoms with E-state index < -0.39 is 0 Å². The Balaban J connectivity index is 1.65. The SMILES string of the molecule is Cn1cc(CNCC2CCNCC2)c2ccc(F)cc21. The fourth-order valence-electron chi connectivity index (χ4n) is 3.08. The topological polar surface area (TPSA) is 29.0 Å². The quantitative estimate of drug-likeness (QED) is 0.897. The number of piperidine rings is 1. The second kappa shape index (κ2) is 5.94. The van der Waals surface area contributed by atoms with Crippen molar-refractivity contribution in [3.8, 4) is 0 Å². The molecule has 0 saturated carbocycles. The third kappa shape index (κ3) is 2.86. The molecule has 4 heteroatoms. The van der Waals surface area contributed by atoms with E-state index in [0.29, 0.717) is 0 Å². The second-order valence-electron chi connectivity index (χ2n) is 5.75. The van der Waals surface area contributed by atoms with Gasteiger partial charge >= 0.3 is 0 Å². The summed E-state index contributed by atoms with van der Waals surface area (Å²) in [6, 6.07) is 5.02. The summed E-state index contributed by atoms with van der Waals surface area (Å²) in [7, 11) is 1.97. The summed E-state index contributed by atoms with van der Waals surface area (Å²) < 4.78 is 15.3. The fourth-order valence-corrected chi connectivity index (χ4v) is 3.08. The lowest BCUT2D eigenvalue weighted by molar-refractivity contribution is 0.356. The molecule has 2 heterocycles. The number of hydrogen-bond acceptors (Lipinski definition) is 2. The highest BCUT2D eigenvalue weighted by Gasteiger charge is 2.13. The van der Waals surface area contributed by atoms with Crippen LogP contribution in [0, 0.1) is 11.7 Å². The van der Waals surface area contributed by atoms with Crippen molar-refractivity contribution in [1.29, 1.82) is 0 Å². The molecule has 1 aromatic carbocycles. The van der Waals surface area contributed by atoms with Gasteiger partial charge in [0.25, 0.3) is 0 Å². The Labute approximate surface area is 119 Å². The van der Waals surface area contributed by atoms with E-state index in [2.05, 4.69) is 16.8 Å². The lowest BCUT2D eigenvalue weighted by Gasteiger charge is -2.22. The first kappa shape index (κ1) is 13.6. The van der Waals surface area contributed by atoms with E-state index in [9.17, 15) is 4.39 Å². The zero-order valence-corrected chi connectivity index (χ0v) is 12.0. The number of rotatable bonds is 4. The smallest absolute Gasteiger partial charge is 0.125 e. The van der Waals surface area contributed by atoms with Crippen molar-refractivity contribution >= 4 is 10.9 Å². The van der Waals surface area contributed by atoms with Crippen molar-refractivity contribution in [2.75, 3.05) is 19.6 Å². The fraction of sp³-hybridized carbons (Fsp3) is 0.500. The molecule has 1 aliphatic heterocycles. The van der Waals surface area contributed by atoms with E-state index in [0.717, 1.165) is 43.0 Å². The van der Waals surface area contributed by atoms with Crippen molar-refractivity contribution in [2.24, 2.45) is 13.0 Å². The van der Waals surface area contributed by atoms with Crippen LogP contribution >= 0.6 is 0 Å². The molecule has 0 bridgehead atoms. The molecule has 0 atom stereocenters. The number of benzene rings is 1. The number of fused-ring (bicyclic) bond motifs is 1. The van der Waals surface area contributed by atoms with Crippen molar-refractivity contribution in [3.63, 3.8) is 0 Å². The highest BCUT2D eigenvalue weighted by molar-refractivity contribution is 5.83. The average Bonchev–Trinajstić information content (AvgIpc) is 2.76. The minimum atomic E-state index is -0.173. The Morgan fingerprint density at radius 2 is 2.15 bits per heavy atom. The van der Waals surface area contributed by atoms with Crippen LogP contribution in [0.4, 0.5) is 4.39 Å². The lowest BCUT2D eigenvalue weighted by Crippen LogP contribution is -2.33. The summed E-state index contributed by atoms with van der Waals surface area (Å²) in [5, 5.41) is 8.09. The number of nitrogens with zero attached hydrogens (tertiary/aromatic N) is 1. The predicted molar refractivity (Wildman–Crippen MR) is 80.2 cm³/mol. The van der Waals surface area contributed by atoms with Crippen LogP contribution in [0.25, 0.3) is 10.9 Å². The first-order valence-corrected chi connectivity index (χ1v) is 7.39. The number of nitrogens with one attached hydrogen (secondary N) is 2. The van der Waals surface area contributed by atoms with E-state index in [1.165, 1.54) is 18.4 Å². The maximum Gasteiger partial charge on any atom is 0.125 e. The van der Waals surface area contributed by atoms with Gasteiger partial charge in [0.2, 0.25) is 0 Å². The van der Waals surface area contributed by atoms with E-state index in [4.69, 9.17) is 0 Å². The van der Waals surface area contributed by atoms with Gasteiger partial charge in [0.05, 0.1) is 5.52 Å². The molecule has 0 amide bonds. The van der Waals surface area contributed by atoms with Crippen molar-refractivity contribution < 1.29 is 4.39 Å². The van der Waals surface area contributed by atoms with Gasteiger partial charge in [-0.05, 0) is 62.2 Å². The van der Waals surface area contributed by atoms with Crippen LogP contribution < -0.4 is 10.6 Å². The normalized spacial score (nSPS) is 16.9. The zero-order valence-electron chi connectivity index (χ0n) is 12.0. The van der Waals surface area contributed by atoms with Crippen molar-refractivity contribution in [2.45, 2.75) is 19.4 Å². The van der Waals surface area contributed by atoms with Crippen LogP contribution in [0.15, 0.2) is 24.4 Å². The molecular weight excluding hydrogens is 253 g/mol. The van der Waals surface area contributed by atoms with Gasteiger partial charge in [0.1, 0.15) is 5.82 Å². The molecule has 3 nitrogen and oxygen atoms in total. The van der Waals surface area contributed by atoms with Crippen LogP contribution in [-0.2, 0) is 13.6 Å². The minimum Gasteiger partial charge on any atom is -0.350 e. The van der Waals surface area contributed by atoms with E-state index in [1.807, 2.05) is 17.7 Å². The molecule has 0 unspecified atom stereocenters. The van der Waals surface area contributed by atoms with E-state index >= 15 is 0 Å². The first-order chi connectivity index (χ1) is 9.74. The Hall–Kier alpha value is -1.39. The molecular formula is C16H22FN3. The van der Waals surface area contributed by atoms with Crippen LogP contribution in [0.3, 0.4) is 0 Å². The third-order valence-corrected chi connectivity index (χ3v) is 4.24. The Bertz CT molecular complexity index is 585. The van der Waals surface area contributed by atoms with Crippen molar-refractivity contribution in [3.05, 3.63) is 35.8 Å². The van der Waals surface area contributed by atoms with Crippen LogP contribution in [0.1, 0.15) is 18.4 Å². The highest BCUT2D eigenvalue weighted by Crippen LogP contribution is 2.21. The summed E-state index contributed by atoms with van der Waals surface area (Å²) in [5.41, 5.74) is 2.21. The van der Waals surface area contributed by atoms with Gasteiger partial charge in [-0.25, -0.2) is 4.39 Å². The number of aryl methyl sites for hydroxylation is 1. The molecule has 1 aromatic heterocycles. The van der Waals surface area contributed by atoms with Gasteiger partial charge in [-0.3, -0.25) is 0 Å². The maximum absolute atomic E-state index is 13.3. The summed E-state index contributed by atoms with van der Waals surface area (Å²) in [6.45, 7) is 4.20. The van der Waals surface area contributed by atoms with Gasteiger partial charge in [0.15, 0.2) is 0 Å². The predicted octanol–water partition coefficient (Wildman–Crippen LogP) is 2.41. The van der Waals surface area contributed by atoms with Crippen LogP contribution in [-0.4, -0.2) is 24.2 Å². The van der Waals surface area contributed by atoms with Crippen LogP contribution in [0.5, 0.6) is 0 Å². The molecule has 1 saturated heterocycles. The molecule has 3 rings (SSSR count). The Morgan fingerprint density at radius 1 is 1.35 bits per heavy atom. The first-order valence-electron chi connectivity index (χ1n) is 7.39. The molecule has 2 N–H and O–H groups in total. The number of aromatic nitrogens is 1. The van der Waals surface area contributed by atoms with E-state index in [1.54, 1.807) is 12.1 Å². The standard InChI is InChI=1S/C16H22FN3/c1-20-11-13(15-3-2-14(17)8-16(15)20)10-19-9-12-4-6-18-7-5-12/h2-3,8,11-12,18-19H,4-7,9-10H2,1H3. The summed E-state index contributed by atoms with van der Waals surface area (Å²) in [5.74, 6) is 0.608. The maximum atomic E-state index is 13.3. The largest absolute Gasteiger partial charge is 0.350 e. The lowest BCUT2D eigenvalue weighted by atomic mass is 9.98. The average molecular weight is 275 g/mol. The zero-order chi connectivity index (χ0) is 13.9. The van der Waals surface area contributed by atoms with Crippen LogP contribution in [0.2, 0.25) is 0 Å². The minimum absolute atomic E-state index is 0.173. The van der Waals surface area contributed by atoms with Crippen molar-refractivity contribution in [1.82, 2.24) is 15.2 Å². The molecule has 1 fully saturated rings. The van der Waals surface area contributed by atoms with Gasteiger partial charge in [0, 0.05) is 25.2 Å². The summed E-state index contributed by atoms with van der Waals surface area (Å²) >= 11 is 0. The van der Waals surface area contributed by atoms with Gasteiger partial charge in [-0.1, -0.05) is 0 Å². The Kier molecular flexibility index (Phi) is 4.03. The summed E-state index contributed by atoms with van der Waals surface area (Å²) in [6.07, 6.45) is 4.61. The number of hydrogen-bond donors (Lipinski definition) is 2.